The lowest BCUT2D eigenvalue weighted by Gasteiger charge is -2.24. The van der Waals surface area contributed by atoms with Crippen LogP contribution in [0.25, 0.3) is 23.0 Å². The van der Waals surface area contributed by atoms with Crippen molar-refractivity contribution in [2.24, 2.45) is 4.99 Å². The lowest BCUT2D eigenvalue weighted by Crippen LogP contribution is -2.39. The van der Waals surface area contributed by atoms with E-state index in [9.17, 15) is 14.4 Å². The first-order valence-electron chi connectivity index (χ1n) is 15.0. The third kappa shape index (κ3) is 6.03. The monoisotopic (exact) mass is 660 g/mol. The lowest BCUT2D eigenvalue weighted by molar-refractivity contribution is -0.136. The molecule has 1 aliphatic heterocycles. The molecule has 3 heterocycles. The van der Waals surface area contributed by atoms with Crippen LogP contribution < -0.4 is 19.6 Å². The minimum Gasteiger partial charge on any atom is -0.489 e. The topological polar surface area (TPSA) is 114 Å². The first kappa shape index (κ1) is 32.1. The van der Waals surface area contributed by atoms with E-state index in [0.717, 1.165) is 22.6 Å². The van der Waals surface area contributed by atoms with Crippen LogP contribution in [0.3, 0.4) is 0 Å². The van der Waals surface area contributed by atoms with E-state index in [-0.39, 0.29) is 11.1 Å². The van der Waals surface area contributed by atoms with Crippen molar-refractivity contribution in [1.82, 2.24) is 14.3 Å². The summed E-state index contributed by atoms with van der Waals surface area (Å²) >= 11 is 1.22. The van der Waals surface area contributed by atoms with Gasteiger partial charge in [0.2, 0.25) is 0 Å². The van der Waals surface area contributed by atoms with E-state index in [1.54, 1.807) is 48.0 Å². The molecule has 11 heteroatoms. The fraction of sp³-hybridized carbons (Fsp3) is 0.162. The molecule has 5 aromatic rings. The number of fused-ring (bicyclic) bond motifs is 1. The Morgan fingerprint density at radius 1 is 0.979 bits per heavy atom. The fourth-order valence-corrected chi connectivity index (χ4v) is 6.64. The van der Waals surface area contributed by atoms with Crippen LogP contribution in [-0.4, -0.2) is 47.1 Å². The second-order valence-corrected chi connectivity index (χ2v) is 12.0. The third-order valence-electron chi connectivity index (χ3n) is 7.93. The highest BCUT2D eigenvalue weighted by atomic mass is 32.1. The van der Waals surface area contributed by atoms with Crippen LogP contribution in [0.15, 0.2) is 113 Å². The summed E-state index contributed by atoms with van der Waals surface area (Å²) in [6.07, 6.45) is 5.38. The number of para-hydroxylation sites is 1. The van der Waals surface area contributed by atoms with Crippen LogP contribution in [0.1, 0.15) is 40.0 Å². The van der Waals surface area contributed by atoms with Crippen LogP contribution in [0, 0.1) is 6.92 Å². The SMILES string of the molecule is C=CCOc1ccc(-c2nn(-c3ccccc3)cc2/C=c2\sc3n(c2=O)[C@@H](c2ccc(C(=O)OC)cc2)C(C(=O)OC)=C(C)N=3)cc1C. The lowest BCUT2D eigenvalue weighted by atomic mass is 9.95. The number of esters is 2. The number of methoxy groups -OCH3 is 2. The third-order valence-corrected chi connectivity index (χ3v) is 8.91. The van der Waals surface area contributed by atoms with E-state index in [1.165, 1.54) is 30.1 Å². The molecule has 0 N–H and O–H groups in total. The first-order chi connectivity index (χ1) is 23.2. The maximum absolute atomic E-state index is 14.3. The van der Waals surface area contributed by atoms with Gasteiger partial charge in [0, 0.05) is 17.3 Å². The van der Waals surface area contributed by atoms with Gasteiger partial charge in [0.1, 0.15) is 18.1 Å². The van der Waals surface area contributed by atoms with Crippen LogP contribution in [-0.2, 0) is 14.3 Å². The predicted molar refractivity (Wildman–Crippen MR) is 183 cm³/mol. The molecule has 0 fully saturated rings. The number of hydrogen-bond donors (Lipinski definition) is 0. The van der Waals surface area contributed by atoms with E-state index in [4.69, 9.17) is 19.3 Å². The molecule has 0 aliphatic carbocycles. The van der Waals surface area contributed by atoms with Gasteiger partial charge in [-0.05, 0) is 73.5 Å². The Kier molecular flexibility index (Phi) is 9.04. The molecule has 0 saturated carbocycles. The van der Waals surface area contributed by atoms with E-state index in [1.807, 2.05) is 61.7 Å². The Balaban J connectivity index is 1.53. The molecular formula is C37H32N4O6S. The number of allylic oxidation sites excluding steroid dienone is 1. The first-order valence-corrected chi connectivity index (χ1v) is 15.8. The van der Waals surface area contributed by atoms with Crippen molar-refractivity contribution >= 4 is 29.4 Å². The number of benzene rings is 3. The van der Waals surface area contributed by atoms with E-state index in [0.29, 0.717) is 44.0 Å². The second kappa shape index (κ2) is 13.5. The number of thiazole rings is 1. The summed E-state index contributed by atoms with van der Waals surface area (Å²) in [5.74, 6) is -0.353. The van der Waals surface area contributed by atoms with Gasteiger partial charge in [0.15, 0.2) is 4.80 Å². The molecule has 0 amide bonds. The summed E-state index contributed by atoms with van der Waals surface area (Å²) in [7, 11) is 2.59. The minimum absolute atomic E-state index is 0.231. The van der Waals surface area contributed by atoms with Gasteiger partial charge < -0.3 is 14.2 Å². The fourth-order valence-electron chi connectivity index (χ4n) is 5.61. The molecule has 242 valence electrons. The van der Waals surface area contributed by atoms with Gasteiger partial charge in [-0.1, -0.05) is 54.3 Å². The Morgan fingerprint density at radius 2 is 1.71 bits per heavy atom. The summed E-state index contributed by atoms with van der Waals surface area (Å²) in [5, 5.41) is 4.94. The van der Waals surface area contributed by atoms with Crippen molar-refractivity contribution in [2.45, 2.75) is 19.9 Å². The van der Waals surface area contributed by atoms with Gasteiger partial charge in [-0.15, -0.1) is 0 Å². The molecule has 48 heavy (non-hydrogen) atoms. The Bertz CT molecular complexity index is 2260. The molecule has 1 aliphatic rings. The number of aryl methyl sites for hydroxylation is 1. The van der Waals surface area contributed by atoms with Crippen LogP contribution in [0.5, 0.6) is 5.75 Å². The van der Waals surface area contributed by atoms with E-state index < -0.39 is 18.0 Å². The molecule has 3 aromatic carbocycles. The minimum atomic E-state index is -0.834. The number of ether oxygens (including phenoxy) is 3. The number of carbonyl (C=O) groups excluding carboxylic acids is 2. The Labute approximate surface area is 280 Å². The number of nitrogens with zero attached hydrogens (tertiary/aromatic N) is 4. The van der Waals surface area contributed by atoms with Gasteiger partial charge in [-0.3, -0.25) is 9.36 Å². The molecule has 2 aromatic heterocycles. The quantitative estimate of drug-likeness (QED) is 0.163. The van der Waals surface area contributed by atoms with Crippen molar-refractivity contribution in [3.63, 3.8) is 0 Å². The average Bonchev–Trinajstić information content (AvgIpc) is 3.67. The largest absolute Gasteiger partial charge is 0.489 e. The second-order valence-electron chi connectivity index (χ2n) is 11.0. The highest BCUT2D eigenvalue weighted by molar-refractivity contribution is 7.07. The molecular weight excluding hydrogens is 628 g/mol. The van der Waals surface area contributed by atoms with Gasteiger partial charge in [-0.25, -0.2) is 19.3 Å². The number of aromatic nitrogens is 3. The molecule has 0 radical (unpaired) electrons. The van der Waals surface area contributed by atoms with Gasteiger partial charge >= 0.3 is 11.9 Å². The molecule has 0 spiro atoms. The smallest absolute Gasteiger partial charge is 0.338 e. The molecule has 0 unspecified atom stereocenters. The van der Waals surface area contributed by atoms with Crippen LogP contribution in [0.2, 0.25) is 0 Å². The van der Waals surface area contributed by atoms with Gasteiger partial charge in [0.25, 0.3) is 5.56 Å². The highest BCUT2D eigenvalue weighted by Gasteiger charge is 2.33. The summed E-state index contributed by atoms with van der Waals surface area (Å²) in [4.78, 5) is 44.6. The predicted octanol–water partition coefficient (Wildman–Crippen LogP) is 4.92. The van der Waals surface area contributed by atoms with Crippen molar-refractivity contribution < 1.29 is 23.8 Å². The maximum atomic E-state index is 14.3. The zero-order valence-corrected chi connectivity index (χ0v) is 27.6. The van der Waals surface area contributed by atoms with Crippen molar-refractivity contribution in [3.8, 4) is 22.7 Å². The number of hydrogen-bond acceptors (Lipinski definition) is 9. The summed E-state index contributed by atoms with van der Waals surface area (Å²) in [6.45, 7) is 7.79. The summed E-state index contributed by atoms with van der Waals surface area (Å²) in [5.41, 5.74) is 5.30. The Morgan fingerprint density at radius 3 is 2.38 bits per heavy atom. The van der Waals surface area contributed by atoms with Crippen molar-refractivity contribution in [2.75, 3.05) is 20.8 Å². The maximum Gasteiger partial charge on any atom is 0.338 e. The van der Waals surface area contributed by atoms with Crippen LogP contribution in [0.4, 0.5) is 0 Å². The zero-order chi connectivity index (χ0) is 33.9. The van der Waals surface area contributed by atoms with Crippen molar-refractivity contribution in [1.29, 1.82) is 0 Å². The standard InChI is InChI=1S/C37H32N4O6S/c1-6-18-47-29-17-16-26(19-22(29)2)32-27(21-40(39-32)28-10-8-7-9-11-28)20-30-34(42)41-33(24-12-14-25(15-13-24)35(43)45-4)31(36(44)46-5)23(3)38-37(41)48-30/h6-17,19-21,33H,1,18H2,2-5H3/b30-20-/t33-/m0/s1. The number of carbonyl (C=O) groups is 2. The van der Waals surface area contributed by atoms with Crippen LogP contribution >= 0.6 is 11.3 Å². The normalized spacial score (nSPS) is 14.2. The molecule has 1 atom stereocenters. The van der Waals surface area contributed by atoms with Gasteiger partial charge in [-0.2, -0.15) is 5.10 Å². The Hall–Kier alpha value is -5.81. The van der Waals surface area contributed by atoms with E-state index >= 15 is 0 Å². The summed E-state index contributed by atoms with van der Waals surface area (Å²) in [6, 6.07) is 21.3. The molecule has 10 nitrogen and oxygen atoms in total. The van der Waals surface area contributed by atoms with E-state index in [2.05, 4.69) is 11.6 Å². The highest BCUT2D eigenvalue weighted by Crippen LogP contribution is 2.32. The average molecular weight is 661 g/mol. The van der Waals surface area contributed by atoms with Crippen molar-refractivity contribution in [3.05, 3.63) is 145 Å². The molecule has 0 saturated heterocycles. The van der Waals surface area contributed by atoms with Gasteiger partial charge in [0.05, 0.1) is 47.3 Å². The molecule has 0 bridgehead atoms. The number of rotatable bonds is 9. The zero-order valence-electron chi connectivity index (χ0n) is 26.8. The summed E-state index contributed by atoms with van der Waals surface area (Å²) < 4.78 is 19.4. The molecule has 6 rings (SSSR count).